The molecule has 0 bridgehead atoms. The van der Waals surface area contributed by atoms with E-state index >= 15 is 0 Å². The van der Waals surface area contributed by atoms with Crippen molar-refractivity contribution in [2.45, 2.75) is 24.9 Å². The number of aromatic nitrogens is 4. The fraction of sp³-hybridized carbons (Fsp3) is 0.500. The van der Waals surface area contributed by atoms with Crippen LogP contribution in [0.4, 0.5) is 5.82 Å². The molecule has 8 nitrogen and oxygen atoms in total. The van der Waals surface area contributed by atoms with Crippen LogP contribution < -0.4 is 10.2 Å². The van der Waals surface area contributed by atoms with Gasteiger partial charge >= 0.3 is 0 Å². The summed E-state index contributed by atoms with van der Waals surface area (Å²) in [7, 11) is 1.86. The van der Waals surface area contributed by atoms with Crippen LogP contribution >= 0.6 is 0 Å². The maximum absolute atomic E-state index is 12.0. The van der Waals surface area contributed by atoms with Crippen molar-refractivity contribution in [2.75, 3.05) is 24.5 Å². The molecule has 2 aromatic rings. The SMILES string of the molecule is Cn1nccc1CCC(=O)NC[C@]1(O)CCN(c2cnccn2)C1. The Morgan fingerprint density at radius 3 is 3.00 bits per heavy atom. The first-order chi connectivity index (χ1) is 11.6. The van der Waals surface area contributed by atoms with E-state index in [2.05, 4.69) is 20.4 Å². The molecule has 1 atom stereocenters. The van der Waals surface area contributed by atoms with Gasteiger partial charge in [0.2, 0.25) is 5.91 Å². The molecule has 24 heavy (non-hydrogen) atoms. The smallest absolute Gasteiger partial charge is 0.220 e. The van der Waals surface area contributed by atoms with Gasteiger partial charge in [-0.25, -0.2) is 4.98 Å². The van der Waals surface area contributed by atoms with Crippen LogP contribution in [0.1, 0.15) is 18.5 Å². The van der Waals surface area contributed by atoms with Gasteiger partial charge in [0, 0.05) is 57.4 Å². The van der Waals surface area contributed by atoms with E-state index in [1.165, 1.54) is 0 Å². The number of β-amino-alcohol motifs (C(OH)–C–C–N with tert-alkyl or cyclic N) is 1. The Balaban J connectivity index is 1.46. The highest BCUT2D eigenvalue weighted by Crippen LogP contribution is 2.24. The Morgan fingerprint density at radius 1 is 1.42 bits per heavy atom. The minimum atomic E-state index is -0.931. The van der Waals surface area contributed by atoms with Gasteiger partial charge in [0.05, 0.1) is 6.20 Å². The highest BCUT2D eigenvalue weighted by molar-refractivity contribution is 5.76. The minimum absolute atomic E-state index is 0.0671. The molecular formula is C16H22N6O2. The van der Waals surface area contributed by atoms with Gasteiger partial charge in [0.1, 0.15) is 11.4 Å². The van der Waals surface area contributed by atoms with E-state index in [1.807, 2.05) is 18.0 Å². The molecule has 1 aliphatic rings. The Hall–Kier alpha value is -2.48. The lowest BCUT2D eigenvalue weighted by Gasteiger charge is -2.24. The third-order valence-electron chi connectivity index (χ3n) is 4.35. The molecule has 2 N–H and O–H groups in total. The van der Waals surface area contributed by atoms with Crippen LogP contribution in [0.25, 0.3) is 0 Å². The van der Waals surface area contributed by atoms with E-state index in [9.17, 15) is 9.90 Å². The summed E-state index contributed by atoms with van der Waals surface area (Å²) in [6.45, 7) is 1.38. The minimum Gasteiger partial charge on any atom is -0.386 e. The van der Waals surface area contributed by atoms with Crippen molar-refractivity contribution in [1.82, 2.24) is 25.1 Å². The van der Waals surface area contributed by atoms with Gasteiger partial charge in [0.15, 0.2) is 0 Å². The van der Waals surface area contributed by atoms with E-state index in [4.69, 9.17) is 0 Å². The molecule has 128 valence electrons. The van der Waals surface area contributed by atoms with Gasteiger partial charge < -0.3 is 15.3 Å². The van der Waals surface area contributed by atoms with E-state index in [-0.39, 0.29) is 12.5 Å². The molecule has 1 fully saturated rings. The summed E-state index contributed by atoms with van der Waals surface area (Å²) in [6, 6.07) is 1.90. The summed E-state index contributed by atoms with van der Waals surface area (Å²) >= 11 is 0. The molecule has 0 unspecified atom stereocenters. The largest absolute Gasteiger partial charge is 0.386 e. The molecule has 0 saturated carbocycles. The molecular weight excluding hydrogens is 308 g/mol. The molecule has 1 aliphatic heterocycles. The van der Waals surface area contributed by atoms with E-state index < -0.39 is 5.60 Å². The zero-order chi connectivity index (χ0) is 17.0. The van der Waals surface area contributed by atoms with Crippen molar-refractivity contribution in [2.24, 2.45) is 7.05 Å². The third kappa shape index (κ3) is 3.88. The molecule has 0 spiro atoms. The second kappa shape index (κ2) is 6.96. The molecule has 0 aromatic carbocycles. The number of amides is 1. The third-order valence-corrected chi connectivity index (χ3v) is 4.35. The quantitative estimate of drug-likeness (QED) is 0.768. The molecule has 0 radical (unpaired) electrons. The highest BCUT2D eigenvalue weighted by Gasteiger charge is 2.36. The molecule has 8 heteroatoms. The summed E-state index contributed by atoms with van der Waals surface area (Å²) in [6.07, 6.45) is 8.25. The lowest BCUT2D eigenvalue weighted by molar-refractivity contribution is -0.122. The lowest BCUT2D eigenvalue weighted by Crippen LogP contribution is -2.45. The summed E-state index contributed by atoms with van der Waals surface area (Å²) in [5.41, 5.74) is 0.0817. The standard InChI is InChI=1S/C16H22N6O2/c1-21-13(4-6-20-21)2-3-15(23)19-11-16(24)5-9-22(12-16)14-10-17-7-8-18-14/h4,6-8,10,24H,2-3,5,9,11-12H2,1H3,(H,19,23)/t16-/m1/s1. The van der Waals surface area contributed by atoms with Crippen LogP contribution in [0.2, 0.25) is 0 Å². The van der Waals surface area contributed by atoms with Crippen molar-refractivity contribution in [3.05, 3.63) is 36.5 Å². The normalized spacial score (nSPS) is 20.3. The summed E-state index contributed by atoms with van der Waals surface area (Å²) in [5, 5.41) is 17.6. The number of nitrogens with zero attached hydrogens (tertiary/aromatic N) is 5. The van der Waals surface area contributed by atoms with Gasteiger partial charge in [-0.3, -0.25) is 14.5 Å². The average molecular weight is 330 g/mol. The van der Waals surface area contributed by atoms with Crippen molar-refractivity contribution in [1.29, 1.82) is 0 Å². The average Bonchev–Trinajstić information content (AvgIpc) is 3.18. The molecule has 1 amide bonds. The Labute approximate surface area is 140 Å². The fourth-order valence-corrected chi connectivity index (χ4v) is 2.89. The van der Waals surface area contributed by atoms with E-state index in [0.717, 1.165) is 11.5 Å². The zero-order valence-corrected chi connectivity index (χ0v) is 13.7. The van der Waals surface area contributed by atoms with Gasteiger partial charge in [0.25, 0.3) is 0 Å². The highest BCUT2D eigenvalue weighted by atomic mass is 16.3. The molecule has 2 aromatic heterocycles. The second-order valence-corrected chi connectivity index (χ2v) is 6.18. The van der Waals surface area contributed by atoms with Gasteiger partial charge in [-0.15, -0.1) is 0 Å². The number of nitrogens with one attached hydrogen (secondary N) is 1. The fourth-order valence-electron chi connectivity index (χ4n) is 2.89. The topological polar surface area (TPSA) is 96.2 Å². The lowest BCUT2D eigenvalue weighted by atomic mass is 10.0. The first-order valence-corrected chi connectivity index (χ1v) is 8.03. The number of carbonyl (C=O) groups excluding carboxylic acids is 1. The van der Waals surface area contributed by atoms with E-state index in [0.29, 0.717) is 32.4 Å². The number of hydrogen-bond acceptors (Lipinski definition) is 6. The van der Waals surface area contributed by atoms with Crippen LogP contribution in [-0.4, -0.2) is 56.0 Å². The molecule has 3 rings (SSSR count). The number of aliphatic hydroxyl groups is 1. The first kappa shape index (κ1) is 16.4. The van der Waals surface area contributed by atoms with Crippen LogP contribution in [0.3, 0.4) is 0 Å². The molecule has 0 aliphatic carbocycles. The van der Waals surface area contributed by atoms with Crippen LogP contribution in [-0.2, 0) is 18.3 Å². The maximum atomic E-state index is 12.0. The summed E-state index contributed by atoms with van der Waals surface area (Å²) in [4.78, 5) is 22.3. The maximum Gasteiger partial charge on any atom is 0.220 e. The van der Waals surface area contributed by atoms with Gasteiger partial charge in [-0.2, -0.15) is 5.10 Å². The van der Waals surface area contributed by atoms with E-state index in [1.54, 1.807) is 29.5 Å². The zero-order valence-electron chi connectivity index (χ0n) is 13.7. The first-order valence-electron chi connectivity index (χ1n) is 8.03. The molecule has 1 saturated heterocycles. The second-order valence-electron chi connectivity index (χ2n) is 6.18. The van der Waals surface area contributed by atoms with Crippen molar-refractivity contribution in [3.63, 3.8) is 0 Å². The Bertz CT molecular complexity index is 689. The Morgan fingerprint density at radius 2 is 2.29 bits per heavy atom. The monoisotopic (exact) mass is 330 g/mol. The number of anilines is 1. The van der Waals surface area contributed by atoms with Crippen LogP contribution in [0, 0.1) is 0 Å². The number of aryl methyl sites for hydroxylation is 2. The number of hydrogen-bond donors (Lipinski definition) is 2. The van der Waals surface area contributed by atoms with Crippen molar-refractivity contribution in [3.8, 4) is 0 Å². The number of carbonyl (C=O) groups is 1. The van der Waals surface area contributed by atoms with Crippen molar-refractivity contribution < 1.29 is 9.90 Å². The van der Waals surface area contributed by atoms with Crippen LogP contribution in [0.5, 0.6) is 0 Å². The summed E-state index contributed by atoms with van der Waals surface area (Å²) < 4.78 is 1.76. The van der Waals surface area contributed by atoms with Crippen LogP contribution in [0.15, 0.2) is 30.9 Å². The predicted octanol–water partition coefficient (Wildman–Crippen LogP) is -0.0997. The summed E-state index contributed by atoms with van der Waals surface area (Å²) in [5.74, 6) is 0.679. The van der Waals surface area contributed by atoms with Gasteiger partial charge in [-0.1, -0.05) is 0 Å². The van der Waals surface area contributed by atoms with Crippen molar-refractivity contribution >= 4 is 11.7 Å². The predicted molar refractivity (Wildman–Crippen MR) is 88.4 cm³/mol. The molecule has 3 heterocycles. The van der Waals surface area contributed by atoms with Gasteiger partial charge in [-0.05, 0) is 18.9 Å². The Kier molecular flexibility index (Phi) is 4.75. The number of rotatable bonds is 6.